The monoisotopic (exact) mass is 89.0 g/mol. The summed E-state index contributed by atoms with van der Waals surface area (Å²) in [7, 11) is 0. The van der Waals surface area contributed by atoms with Crippen molar-refractivity contribution < 1.29 is 0 Å². The molecule has 1 radical (unpaired) electrons. The van der Waals surface area contributed by atoms with Crippen LogP contribution >= 0.6 is 0 Å². The highest BCUT2D eigenvalue weighted by Crippen LogP contribution is 2.31. The van der Waals surface area contributed by atoms with E-state index in [1.165, 1.54) is 11.5 Å². The molecule has 0 bridgehead atoms. The normalized spacial score (nSPS) is 24.3. The number of hydrogen-bond donors (Lipinski definition) is 0. The minimum absolute atomic E-state index is 1.39. The van der Waals surface area contributed by atoms with Crippen LogP contribution in [0.2, 0.25) is 0 Å². The zero-order valence-electron chi connectivity index (χ0n) is 3.89. The van der Waals surface area contributed by atoms with E-state index in [-0.39, 0.29) is 0 Å². The molecule has 2 aliphatic rings. The Labute approximate surface area is 42.8 Å². The SMILES string of the molecule is C1=C[C]2C=CC2=C1. The molecule has 0 fully saturated rings. The zero-order valence-corrected chi connectivity index (χ0v) is 3.89. The largest absolute Gasteiger partial charge is 0.0687 e. The van der Waals surface area contributed by atoms with Gasteiger partial charge in [-0.25, -0.2) is 0 Å². The van der Waals surface area contributed by atoms with Crippen LogP contribution in [0.15, 0.2) is 36.0 Å². The Bertz CT molecular complexity index is 162. The molecule has 0 heterocycles. The number of rotatable bonds is 0. The summed E-state index contributed by atoms with van der Waals surface area (Å²) in [5.74, 6) is 1.39. The van der Waals surface area contributed by atoms with Gasteiger partial charge in [0.15, 0.2) is 0 Å². The van der Waals surface area contributed by atoms with Gasteiger partial charge in [-0.3, -0.25) is 0 Å². The Morgan fingerprint density at radius 2 is 2.00 bits per heavy atom. The van der Waals surface area contributed by atoms with E-state index >= 15 is 0 Å². The maximum absolute atomic E-state index is 2.12. The molecular weight excluding hydrogens is 84.1 g/mol. The van der Waals surface area contributed by atoms with Gasteiger partial charge in [-0.1, -0.05) is 30.4 Å². The molecule has 0 aromatic carbocycles. The lowest BCUT2D eigenvalue weighted by molar-refractivity contribution is 1.33. The number of hydrogen-bond acceptors (Lipinski definition) is 0. The first-order chi connectivity index (χ1) is 3.47. The maximum atomic E-state index is 2.12. The van der Waals surface area contributed by atoms with Crippen molar-refractivity contribution in [2.45, 2.75) is 0 Å². The van der Waals surface area contributed by atoms with E-state index in [4.69, 9.17) is 0 Å². The fourth-order valence-electron chi connectivity index (χ4n) is 0.835. The maximum Gasteiger partial charge on any atom is 0.0485 e. The molecule has 0 aromatic heterocycles. The van der Waals surface area contributed by atoms with Crippen LogP contribution in [0, 0.1) is 5.92 Å². The van der Waals surface area contributed by atoms with Gasteiger partial charge in [-0.05, 0) is 5.57 Å². The van der Waals surface area contributed by atoms with Crippen molar-refractivity contribution in [3.8, 4) is 0 Å². The molecule has 2 aliphatic carbocycles. The smallest absolute Gasteiger partial charge is 0.0485 e. The van der Waals surface area contributed by atoms with Crippen LogP contribution in [0.25, 0.3) is 0 Å². The van der Waals surface area contributed by atoms with Crippen LogP contribution in [0.3, 0.4) is 0 Å². The molecule has 0 saturated carbocycles. The highest BCUT2D eigenvalue weighted by atomic mass is 14.2. The highest BCUT2D eigenvalue weighted by molar-refractivity contribution is 5.62. The van der Waals surface area contributed by atoms with Gasteiger partial charge in [0, 0.05) is 5.92 Å². The number of fused-ring (bicyclic) bond motifs is 1. The van der Waals surface area contributed by atoms with Crippen LogP contribution < -0.4 is 0 Å². The first kappa shape index (κ1) is 3.25. The second-order valence-corrected chi connectivity index (χ2v) is 1.77. The average molecular weight is 89.1 g/mol. The van der Waals surface area contributed by atoms with Gasteiger partial charge in [0.05, 0.1) is 0 Å². The van der Waals surface area contributed by atoms with Crippen LogP contribution in [0.1, 0.15) is 0 Å². The lowest BCUT2D eigenvalue weighted by atomic mass is 9.92. The second-order valence-electron chi connectivity index (χ2n) is 1.77. The first-order valence-electron chi connectivity index (χ1n) is 2.40. The van der Waals surface area contributed by atoms with Crippen LogP contribution in [0.4, 0.5) is 0 Å². The summed E-state index contributed by atoms with van der Waals surface area (Å²) in [4.78, 5) is 0. The zero-order chi connectivity index (χ0) is 4.69. The molecule has 0 spiro atoms. The molecule has 0 saturated heterocycles. The lowest BCUT2D eigenvalue weighted by Crippen LogP contribution is -1.96. The Balaban J connectivity index is 2.51. The van der Waals surface area contributed by atoms with Gasteiger partial charge < -0.3 is 0 Å². The number of allylic oxidation sites excluding steroid dienone is 6. The third-order valence-corrected chi connectivity index (χ3v) is 1.33. The third-order valence-electron chi connectivity index (χ3n) is 1.33. The molecular formula is C7H5. The Hall–Kier alpha value is -0.780. The Morgan fingerprint density at radius 3 is 2.29 bits per heavy atom. The highest BCUT2D eigenvalue weighted by Gasteiger charge is 2.15. The van der Waals surface area contributed by atoms with Crippen molar-refractivity contribution in [1.29, 1.82) is 0 Å². The van der Waals surface area contributed by atoms with Gasteiger partial charge in [0.2, 0.25) is 0 Å². The van der Waals surface area contributed by atoms with Crippen molar-refractivity contribution in [2.75, 3.05) is 0 Å². The fourth-order valence-corrected chi connectivity index (χ4v) is 0.835. The summed E-state index contributed by atoms with van der Waals surface area (Å²) in [5, 5.41) is 0. The molecule has 7 heavy (non-hydrogen) atoms. The summed E-state index contributed by atoms with van der Waals surface area (Å²) in [6.45, 7) is 0. The van der Waals surface area contributed by atoms with Crippen molar-refractivity contribution in [2.24, 2.45) is 0 Å². The Morgan fingerprint density at radius 1 is 1.00 bits per heavy atom. The topological polar surface area (TPSA) is 0 Å². The molecule has 0 N–H and O–H groups in total. The van der Waals surface area contributed by atoms with E-state index in [1.54, 1.807) is 0 Å². The van der Waals surface area contributed by atoms with Gasteiger partial charge >= 0.3 is 0 Å². The summed E-state index contributed by atoms with van der Waals surface area (Å²) < 4.78 is 0. The van der Waals surface area contributed by atoms with Crippen molar-refractivity contribution >= 4 is 0 Å². The van der Waals surface area contributed by atoms with Crippen molar-refractivity contribution in [1.82, 2.24) is 0 Å². The second kappa shape index (κ2) is 0.890. The lowest BCUT2D eigenvalue weighted by Gasteiger charge is -2.11. The molecule has 2 rings (SSSR count). The summed E-state index contributed by atoms with van der Waals surface area (Å²) in [5.41, 5.74) is 1.39. The van der Waals surface area contributed by atoms with Gasteiger partial charge in [-0.2, -0.15) is 0 Å². The average Bonchev–Trinajstić information content (AvgIpc) is 1.85. The minimum Gasteiger partial charge on any atom is -0.0687 e. The fraction of sp³-hybridized carbons (Fsp3) is 0. The van der Waals surface area contributed by atoms with E-state index in [1.807, 2.05) is 0 Å². The van der Waals surface area contributed by atoms with Gasteiger partial charge in [0.1, 0.15) is 0 Å². The van der Waals surface area contributed by atoms with E-state index in [2.05, 4.69) is 30.4 Å². The first-order valence-corrected chi connectivity index (χ1v) is 2.40. The molecule has 0 aliphatic heterocycles. The van der Waals surface area contributed by atoms with Crippen LogP contribution in [0.5, 0.6) is 0 Å². The van der Waals surface area contributed by atoms with Crippen molar-refractivity contribution in [3.63, 3.8) is 0 Å². The summed E-state index contributed by atoms with van der Waals surface area (Å²) in [6.07, 6.45) is 10.6. The van der Waals surface area contributed by atoms with Crippen molar-refractivity contribution in [3.05, 3.63) is 41.9 Å². The van der Waals surface area contributed by atoms with E-state index in [9.17, 15) is 0 Å². The standard InChI is InChI=1S/C7H5/c1-2-6-4-5-7(6)3-1/h1-5H. The third kappa shape index (κ3) is 0.268. The minimum atomic E-state index is 1.39. The molecule has 0 amide bonds. The molecule has 33 valence electrons. The van der Waals surface area contributed by atoms with Gasteiger partial charge in [0.25, 0.3) is 0 Å². The molecule has 0 unspecified atom stereocenters. The molecule has 0 nitrogen and oxygen atoms in total. The molecule has 0 atom stereocenters. The van der Waals surface area contributed by atoms with Crippen LogP contribution in [-0.2, 0) is 0 Å². The van der Waals surface area contributed by atoms with Gasteiger partial charge in [-0.15, -0.1) is 0 Å². The summed E-state index contributed by atoms with van der Waals surface area (Å²) >= 11 is 0. The molecule has 0 heteroatoms. The Kier molecular flexibility index (Phi) is 0.413. The summed E-state index contributed by atoms with van der Waals surface area (Å²) in [6, 6.07) is 0. The van der Waals surface area contributed by atoms with E-state index in [0.29, 0.717) is 0 Å². The van der Waals surface area contributed by atoms with E-state index in [0.717, 1.165) is 0 Å². The quantitative estimate of drug-likeness (QED) is 0.423. The van der Waals surface area contributed by atoms with Crippen LogP contribution in [-0.4, -0.2) is 0 Å². The predicted molar refractivity (Wildman–Crippen MR) is 29.6 cm³/mol. The van der Waals surface area contributed by atoms with E-state index < -0.39 is 0 Å². The predicted octanol–water partition coefficient (Wildman–Crippen LogP) is 1.63. The molecule has 0 aromatic rings.